The van der Waals surface area contributed by atoms with Gasteiger partial charge in [0.05, 0.1) is 13.3 Å². The number of fused-ring (bicyclic) bond motifs is 1. The molecular weight excluding hydrogens is 564 g/mol. The summed E-state index contributed by atoms with van der Waals surface area (Å²) in [5, 5.41) is 0. The molecule has 0 bridgehead atoms. The average Bonchev–Trinajstić information content (AvgIpc) is 3.44. The summed E-state index contributed by atoms with van der Waals surface area (Å²) in [5.41, 5.74) is 9.85. The van der Waals surface area contributed by atoms with Crippen molar-refractivity contribution in [3.05, 3.63) is 114 Å². The van der Waals surface area contributed by atoms with Crippen LogP contribution in [0.15, 0.2) is 97.3 Å². The average molecular weight is 615 g/mol. The Morgan fingerprint density at radius 3 is 1.96 bits per heavy atom. The fourth-order valence-electron chi connectivity index (χ4n) is 6.73. The van der Waals surface area contributed by atoms with Gasteiger partial charge < -0.3 is 19.4 Å². The van der Waals surface area contributed by atoms with E-state index in [1.165, 1.54) is 33.5 Å². The SMILES string of the molecule is CN1C=CN(c2cc(Oc3cccc(N4CN(C)C(C)(C)c5ccccc54)c3)cc(-c3c(C(C)(C)C)cccc3C(C)(C)C)c2)C1. The number of hydrogen-bond acceptors (Lipinski definition) is 5. The molecule has 0 N–H and O–H groups in total. The predicted octanol–water partition coefficient (Wildman–Crippen LogP) is 10.2. The number of ether oxygens (including phenoxy) is 1. The van der Waals surface area contributed by atoms with Crippen LogP contribution in [0.2, 0.25) is 0 Å². The predicted molar refractivity (Wildman–Crippen MR) is 194 cm³/mol. The molecule has 0 radical (unpaired) electrons. The van der Waals surface area contributed by atoms with Crippen LogP contribution >= 0.6 is 0 Å². The third-order valence-electron chi connectivity index (χ3n) is 9.60. The second-order valence-electron chi connectivity index (χ2n) is 15.6. The fourth-order valence-corrected chi connectivity index (χ4v) is 6.73. The van der Waals surface area contributed by atoms with Gasteiger partial charge in [0.25, 0.3) is 0 Å². The standard InChI is InChI=1S/C41H50N4O/c1-39(2,3)35-18-14-19-36(40(4,5)6)38(35)29-23-31(44-22-21-42(9)27-44)26-33(24-29)46-32-16-13-15-30(25-32)45-28-43(10)41(7,8)34-17-11-12-20-37(34)45/h11-26H,27-28H2,1-10H3. The summed E-state index contributed by atoms with van der Waals surface area (Å²) in [7, 11) is 4.30. The first kappa shape index (κ1) is 31.7. The number of rotatable bonds is 5. The van der Waals surface area contributed by atoms with Gasteiger partial charge in [0.1, 0.15) is 11.5 Å². The molecule has 4 aromatic carbocycles. The van der Waals surface area contributed by atoms with E-state index in [0.29, 0.717) is 0 Å². The zero-order valence-electron chi connectivity index (χ0n) is 29.3. The van der Waals surface area contributed by atoms with Gasteiger partial charge in [0, 0.05) is 54.2 Å². The maximum absolute atomic E-state index is 6.80. The van der Waals surface area contributed by atoms with Crippen molar-refractivity contribution < 1.29 is 4.74 Å². The quantitative estimate of drug-likeness (QED) is 0.222. The zero-order chi connectivity index (χ0) is 33.0. The summed E-state index contributed by atoms with van der Waals surface area (Å²) < 4.78 is 6.80. The van der Waals surface area contributed by atoms with Crippen molar-refractivity contribution in [3.8, 4) is 22.6 Å². The summed E-state index contributed by atoms with van der Waals surface area (Å²) >= 11 is 0. The molecule has 0 saturated carbocycles. The highest BCUT2D eigenvalue weighted by molar-refractivity contribution is 5.79. The maximum Gasteiger partial charge on any atom is 0.130 e. The molecule has 2 heterocycles. The van der Waals surface area contributed by atoms with Gasteiger partial charge in [-0.2, -0.15) is 0 Å². The fraction of sp³-hybridized carbons (Fsp3) is 0.366. The lowest BCUT2D eigenvalue weighted by Crippen LogP contribution is -2.49. The highest BCUT2D eigenvalue weighted by Gasteiger charge is 2.36. The van der Waals surface area contributed by atoms with Crippen molar-refractivity contribution in [2.24, 2.45) is 0 Å². The number of nitrogens with zero attached hydrogens (tertiary/aromatic N) is 4. The number of anilines is 3. The molecule has 2 aliphatic rings. The Bertz CT molecular complexity index is 1740. The summed E-state index contributed by atoms with van der Waals surface area (Å²) in [5.74, 6) is 1.65. The van der Waals surface area contributed by atoms with E-state index in [0.717, 1.165) is 36.2 Å². The second kappa shape index (κ2) is 11.5. The topological polar surface area (TPSA) is 22.2 Å². The van der Waals surface area contributed by atoms with Gasteiger partial charge in [-0.25, -0.2) is 0 Å². The van der Waals surface area contributed by atoms with Crippen molar-refractivity contribution in [2.75, 3.05) is 37.2 Å². The summed E-state index contributed by atoms with van der Waals surface area (Å²) in [6.45, 7) is 20.0. The van der Waals surface area contributed by atoms with Crippen LogP contribution in [-0.4, -0.2) is 37.2 Å². The van der Waals surface area contributed by atoms with Crippen LogP contribution in [0.4, 0.5) is 17.1 Å². The molecule has 0 fully saturated rings. The molecular formula is C41H50N4O. The molecule has 0 spiro atoms. The van der Waals surface area contributed by atoms with Crippen molar-refractivity contribution in [3.63, 3.8) is 0 Å². The molecule has 6 rings (SSSR count). The molecule has 0 saturated heterocycles. The van der Waals surface area contributed by atoms with Gasteiger partial charge in [0.2, 0.25) is 0 Å². The number of para-hydroxylation sites is 1. The molecule has 4 aromatic rings. The summed E-state index contributed by atoms with van der Waals surface area (Å²) in [6.07, 6.45) is 4.27. The van der Waals surface area contributed by atoms with E-state index >= 15 is 0 Å². The Kier molecular flexibility index (Phi) is 7.97. The van der Waals surface area contributed by atoms with E-state index in [1.807, 2.05) is 0 Å². The van der Waals surface area contributed by atoms with Crippen molar-refractivity contribution in [2.45, 2.75) is 71.8 Å². The minimum absolute atomic E-state index is 0.0256. The molecule has 0 unspecified atom stereocenters. The van der Waals surface area contributed by atoms with Crippen LogP contribution < -0.4 is 14.5 Å². The molecule has 5 nitrogen and oxygen atoms in total. The van der Waals surface area contributed by atoms with Gasteiger partial charge >= 0.3 is 0 Å². The number of benzene rings is 4. The normalized spacial score (nSPS) is 16.6. The smallest absolute Gasteiger partial charge is 0.130 e. The van der Waals surface area contributed by atoms with Crippen LogP contribution in [0.1, 0.15) is 72.1 Å². The molecule has 2 aliphatic heterocycles. The highest BCUT2D eigenvalue weighted by atomic mass is 16.5. The van der Waals surface area contributed by atoms with Crippen LogP contribution in [-0.2, 0) is 16.4 Å². The van der Waals surface area contributed by atoms with Gasteiger partial charge in [0.15, 0.2) is 0 Å². The first-order valence-corrected chi connectivity index (χ1v) is 16.4. The third-order valence-corrected chi connectivity index (χ3v) is 9.60. The van der Waals surface area contributed by atoms with Gasteiger partial charge in [-0.1, -0.05) is 84.0 Å². The van der Waals surface area contributed by atoms with Crippen molar-refractivity contribution in [1.82, 2.24) is 9.80 Å². The van der Waals surface area contributed by atoms with Gasteiger partial charge in [-0.05, 0) is 89.9 Å². The van der Waals surface area contributed by atoms with Crippen molar-refractivity contribution >= 4 is 17.1 Å². The second-order valence-corrected chi connectivity index (χ2v) is 15.6. The highest BCUT2D eigenvalue weighted by Crippen LogP contribution is 2.45. The first-order chi connectivity index (χ1) is 21.6. The summed E-state index contributed by atoms with van der Waals surface area (Å²) in [6, 6.07) is 30.8. The minimum atomic E-state index is -0.0502. The number of hydrogen-bond donors (Lipinski definition) is 0. The molecule has 0 amide bonds. The monoisotopic (exact) mass is 614 g/mol. The Balaban J connectivity index is 1.45. The van der Waals surface area contributed by atoms with Gasteiger partial charge in [-0.15, -0.1) is 0 Å². The zero-order valence-corrected chi connectivity index (χ0v) is 29.3. The Morgan fingerprint density at radius 1 is 0.652 bits per heavy atom. The maximum atomic E-state index is 6.80. The van der Waals surface area contributed by atoms with Gasteiger partial charge in [-0.3, -0.25) is 4.90 Å². The molecule has 0 atom stereocenters. The van der Waals surface area contributed by atoms with E-state index in [-0.39, 0.29) is 16.4 Å². The first-order valence-electron chi connectivity index (χ1n) is 16.4. The lowest BCUT2D eigenvalue weighted by atomic mass is 9.74. The van der Waals surface area contributed by atoms with Crippen LogP contribution in [0.5, 0.6) is 11.5 Å². The van der Waals surface area contributed by atoms with E-state index in [1.54, 1.807) is 0 Å². The minimum Gasteiger partial charge on any atom is -0.457 e. The molecule has 240 valence electrons. The Labute approximate surface area is 276 Å². The molecule has 0 aliphatic carbocycles. The lowest BCUT2D eigenvalue weighted by Gasteiger charge is -2.47. The summed E-state index contributed by atoms with van der Waals surface area (Å²) in [4.78, 5) is 9.26. The molecule has 0 aromatic heterocycles. The Morgan fingerprint density at radius 2 is 1.30 bits per heavy atom. The third kappa shape index (κ3) is 6.01. The van der Waals surface area contributed by atoms with E-state index < -0.39 is 0 Å². The Hall–Kier alpha value is -4.22. The van der Waals surface area contributed by atoms with Crippen molar-refractivity contribution in [1.29, 1.82) is 0 Å². The largest absolute Gasteiger partial charge is 0.457 e. The lowest BCUT2D eigenvalue weighted by molar-refractivity contribution is 0.150. The molecule has 5 heteroatoms. The van der Waals surface area contributed by atoms with Crippen LogP contribution in [0.25, 0.3) is 11.1 Å². The van der Waals surface area contributed by atoms with E-state index in [2.05, 4.69) is 186 Å². The van der Waals surface area contributed by atoms with Crippen LogP contribution in [0, 0.1) is 0 Å². The van der Waals surface area contributed by atoms with E-state index in [9.17, 15) is 0 Å². The van der Waals surface area contributed by atoms with E-state index in [4.69, 9.17) is 4.74 Å². The molecule has 46 heavy (non-hydrogen) atoms. The van der Waals surface area contributed by atoms with Crippen LogP contribution in [0.3, 0.4) is 0 Å².